The molecule has 2 heterocycles. The number of carbonyl (C=O) groups is 1. The number of anilines is 1. The summed E-state index contributed by atoms with van der Waals surface area (Å²) in [6, 6.07) is -0.159. The Balaban J connectivity index is 2.20. The van der Waals surface area contributed by atoms with Gasteiger partial charge in [-0.15, -0.1) is 11.3 Å². The van der Waals surface area contributed by atoms with E-state index in [4.69, 9.17) is 5.73 Å². The molecule has 0 aliphatic rings. The minimum absolute atomic E-state index is 0.159. The first-order valence-electron chi connectivity index (χ1n) is 5.92. The summed E-state index contributed by atoms with van der Waals surface area (Å²) in [6.45, 7) is 5.61. The highest BCUT2D eigenvalue weighted by Gasteiger charge is 2.16. The van der Waals surface area contributed by atoms with Crippen molar-refractivity contribution in [2.45, 2.75) is 26.8 Å². The van der Waals surface area contributed by atoms with E-state index in [2.05, 4.69) is 15.4 Å². The van der Waals surface area contributed by atoms with Crippen LogP contribution in [0.3, 0.4) is 0 Å². The third-order valence-electron chi connectivity index (χ3n) is 2.89. The lowest BCUT2D eigenvalue weighted by atomic mass is 10.3. The van der Waals surface area contributed by atoms with Gasteiger partial charge < -0.3 is 11.1 Å². The molecule has 2 aromatic rings. The Labute approximate surface area is 115 Å². The fourth-order valence-electron chi connectivity index (χ4n) is 1.73. The van der Waals surface area contributed by atoms with Gasteiger partial charge in [-0.25, -0.2) is 4.98 Å². The van der Waals surface area contributed by atoms with Crippen molar-refractivity contribution in [2.24, 2.45) is 12.8 Å². The van der Waals surface area contributed by atoms with Gasteiger partial charge in [-0.1, -0.05) is 0 Å². The largest absolute Gasteiger partial charge is 0.322 e. The van der Waals surface area contributed by atoms with E-state index in [0.717, 1.165) is 22.1 Å². The summed E-state index contributed by atoms with van der Waals surface area (Å²) in [5, 5.41) is 9.58. The maximum absolute atomic E-state index is 12.1. The number of aryl methyl sites for hydroxylation is 2. The molecule has 0 radical (unpaired) electrons. The van der Waals surface area contributed by atoms with Crippen molar-refractivity contribution in [2.75, 3.05) is 5.32 Å². The number of nitrogens with one attached hydrogen (secondary N) is 1. The topological polar surface area (TPSA) is 85.8 Å². The number of thiazole rings is 1. The highest BCUT2D eigenvalue weighted by molar-refractivity contribution is 7.09. The third kappa shape index (κ3) is 2.66. The van der Waals surface area contributed by atoms with Crippen molar-refractivity contribution in [1.82, 2.24) is 14.8 Å². The first kappa shape index (κ1) is 13.7. The predicted octanol–water partition coefficient (Wildman–Crippen LogP) is 1.77. The van der Waals surface area contributed by atoms with E-state index in [1.165, 1.54) is 11.3 Å². The van der Waals surface area contributed by atoms with Gasteiger partial charge in [-0.05, 0) is 20.8 Å². The van der Waals surface area contributed by atoms with Crippen molar-refractivity contribution in [3.63, 3.8) is 0 Å². The number of amides is 1. The van der Waals surface area contributed by atoms with Crippen LogP contribution in [0.5, 0.6) is 0 Å². The molecule has 0 bridgehead atoms. The van der Waals surface area contributed by atoms with E-state index in [1.54, 1.807) is 10.1 Å². The fraction of sp³-hybridized carbons (Fsp3) is 0.417. The van der Waals surface area contributed by atoms with Crippen LogP contribution in [0.2, 0.25) is 0 Å². The molecule has 19 heavy (non-hydrogen) atoms. The van der Waals surface area contributed by atoms with Crippen LogP contribution in [-0.4, -0.2) is 20.7 Å². The molecule has 0 fully saturated rings. The Morgan fingerprint density at radius 2 is 2.21 bits per heavy atom. The molecule has 1 unspecified atom stereocenters. The molecule has 102 valence electrons. The third-order valence-corrected chi connectivity index (χ3v) is 3.94. The molecule has 2 aromatic heterocycles. The molecule has 0 saturated heterocycles. The zero-order valence-corrected chi connectivity index (χ0v) is 12.2. The van der Waals surface area contributed by atoms with Crippen LogP contribution in [0.4, 0.5) is 5.69 Å². The molecule has 6 nitrogen and oxygen atoms in total. The van der Waals surface area contributed by atoms with E-state index in [-0.39, 0.29) is 11.9 Å². The lowest BCUT2D eigenvalue weighted by Crippen LogP contribution is -2.14. The lowest BCUT2D eigenvalue weighted by molar-refractivity contribution is 0.102. The van der Waals surface area contributed by atoms with Crippen molar-refractivity contribution >= 4 is 22.9 Å². The first-order valence-corrected chi connectivity index (χ1v) is 6.80. The fourth-order valence-corrected chi connectivity index (χ4v) is 2.49. The van der Waals surface area contributed by atoms with Crippen LogP contribution in [0, 0.1) is 13.8 Å². The molecule has 7 heteroatoms. The van der Waals surface area contributed by atoms with E-state index in [1.807, 2.05) is 27.8 Å². The number of nitrogens with zero attached hydrogens (tertiary/aromatic N) is 3. The molecule has 0 saturated carbocycles. The standard InChI is InChI=1S/C12H17N5OS/c1-6(13)12-14-9(5-19-12)11(18)15-10-7(2)16-17(4)8(10)3/h5-6H,13H2,1-4H3,(H,15,18). The molecular weight excluding hydrogens is 262 g/mol. The summed E-state index contributed by atoms with van der Waals surface area (Å²) in [5.74, 6) is -0.234. The van der Waals surface area contributed by atoms with Gasteiger partial charge in [0.25, 0.3) is 5.91 Å². The molecular formula is C12H17N5OS. The Bertz CT molecular complexity index is 614. The molecule has 2 rings (SSSR count). The molecule has 0 spiro atoms. The summed E-state index contributed by atoms with van der Waals surface area (Å²) < 4.78 is 1.74. The smallest absolute Gasteiger partial charge is 0.275 e. The molecule has 0 aliphatic heterocycles. The first-order chi connectivity index (χ1) is 8.90. The van der Waals surface area contributed by atoms with Gasteiger partial charge in [0.15, 0.2) is 0 Å². The van der Waals surface area contributed by atoms with Crippen molar-refractivity contribution in [3.8, 4) is 0 Å². The SMILES string of the molecule is Cc1nn(C)c(C)c1NC(=O)c1csc(C(C)N)n1. The van der Waals surface area contributed by atoms with Crippen molar-refractivity contribution in [1.29, 1.82) is 0 Å². The predicted molar refractivity (Wildman–Crippen MR) is 75.4 cm³/mol. The Morgan fingerprint density at radius 1 is 1.53 bits per heavy atom. The minimum Gasteiger partial charge on any atom is -0.322 e. The van der Waals surface area contributed by atoms with Crippen LogP contribution in [0.15, 0.2) is 5.38 Å². The van der Waals surface area contributed by atoms with Crippen molar-refractivity contribution in [3.05, 3.63) is 27.5 Å². The molecule has 1 amide bonds. The zero-order valence-electron chi connectivity index (χ0n) is 11.4. The quantitative estimate of drug-likeness (QED) is 0.896. The number of nitrogens with two attached hydrogens (primary N) is 1. The second-order valence-corrected chi connectivity index (χ2v) is 5.37. The molecule has 0 aromatic carbocycles. The van der Waals surface area contributed by atoms with Crippen LogP contribution in [0.1, 0.15) is 39.8 Å². The highest BCUT2D eigenvalue weighted by Crippen LogP contribution is 2.21. The van der Waals surface area contributed by atoms with Crippen molar-refractivity contribution < 1.29 is 4.79 Å². The monoisotopic (exact) mass is 279 g/mol. The van der Waals surface area contributed by atoms with Crippen LogP contribution in [-0.2, 0) is 7.05 Å². The van der Waals surface area contributed by atoms with Gasteiger partial charge in [0.1, 0.15) is 10.7 Å². The van der Waals surface area contributed by atoms with Gasteiger partial charge in [-0.3, -0.25) is 9.48 Å². The Hall–Kier alpha value is -1.73. The number of aromatic nitrogens is 3. The number of rotatable bonds is 3. The van der Waals surface area contributed by atoms with Gasteiger partial charge >= 0.3 is 0 Å². The van der Waals surface area contributed by atoms with Gasteiger partial charge in [-0.2, -0.15) is 5.10 Å². The van der Waals surface area contributed by atoms with Crippen LogP contribution >= 0.6 is 11.3 Å². The summed E-state index contributed by atoms with van der Waals surface area (Å²) in [4.78, 5) is 16.3. The van der Waals surface area contributed by atoms with E-state index in [0.29, 0.717) is 5.69 Å². The Morgan fingerprint density at radius 3 is 2.68 bits per heavy atom. The Kier molecular flexibility index (Phi) is 3.68. The highest BCUT2D eigenvalue weighted by atomic mass is 32.1. The summed E-state index contributed by atoms with van der Waals surface area (Å²) >= 11 is 1.39. The molecule has 3 N–H and O–H groups in total. The number of carbonyl (C=O) groups excluding carboxylic acids is 1. The average molecular weight is 279 g/mol. The summed E-state index contributed by atoms with van der Waals surface area (Å²) in [5.41, 5.74) is 8.56. The van der Waals surface area contributed by atoms with Crippen LogP contribution < -0.4 is 11.1 Å². The maximum Gasteiger partial charge on any atom is 0.275 e. The molecule has 1 atom stereocenters. The number of hydrogen-bond acceptors (Lipinski definition) is 5. The van der Waals surface area contributed by atoms with Gasteiger partial charge in [0, 0.05) is 12.4 Å². The maximum atomic E-state index is 12.1. The van der Waals surface area contributed by atoms with E-state index >= 15 is 0 Å². The molecule has 0 aliphatic carbocycles. The zero-order chi connectivity index (χ0) is 14.2. The lowest BCUT2D eigenvalue weighted by Gasteiger charge is -2.03. The van der Waals surface area contributed by atoms with E-state index < -0.39 is 0 Å². The number of hydrogen-bond donors (Lipinski definition) is 2. The van der Waals surface area contributed by atoms with E-state index in [9.17, 15) is 4.79 Å². The second kappa shape index (κ2) is 5.10. The van der Waals surface area contributed by atoms with Gasteiger partial charge in [0.05, 0.1) is 23.1 Å². The normalized spacial score (nSPS) is 12.5. The average Bonchev–Trinajstić information content (AvgIpc) is 2.91. The minimum atomic E-state index is -0.234. The van der Waals surface area contributed by atoms with Crippen LogP contribution in [0.25, 0.3) is 0 Å². The summed E-state index contributed by atoms with van der Waals surface area (Å²) in [6.07, 6.45) is 0. The second-order valence-electron chi connectivity index (χ2n) is 4.48. The van der Waals surface area contributed by atoms with Gasteiger partial charge in [0.2, 0.25) is 0 Å². The summed E-state index contributed by atoms with van der Waals surface area (Å²) in [7, 11) is 1.84.